The zero-order valence-corrected chi connectivity index (χ0v) is 13.9. The van der Waals surface area contributed by atoms with Gasteiger partial charge in [-0.25, -0.2) is 4.79 Å². The van der Waals surface area contributed by atoms with Crippen LogP contribution in [0.4, 0.5) is 4.79 Å². The number of imide groups is 1. The molecule has 8 heteroatoms. The van der Waals surface area contributed by atoms with E-state index < -0.39 is 23.4 Å². The molecule has 1 heterocycles. The van der Waals surface area contributed by atoms with E-state index in [1.54, 1.807) is 6.92 Å². The molecule has 5 amide bonds. The average molecular weight is 336 g/mol. The minimum atomic E-state index is -0.904. The maximum atomic E-state index is 12.7. The van der Waals surface area contributed by atoms with Crippen molar-refractivity contribution < 1.29 is 19.2 Å². The smallest absolute Gasteiger partial charge is 0.325 e. The molecule has 0 radical (unpaired) electrons. The Bertz CT molecular complexity index is 583. The minimum Gasteiger partial charge on any atom is -0.368 e. The van der Waals surface area contributed by atoms with Crippen molar-refractivity contribution in [1.29, 1.82) is 0 Å². The number of nitrogens with zero attached hydrogens (tertiary/aromatic N) is 2. The number of hydrogen-bond donors (Lipinski definition) is 2. The van der Waals surface area contributed by atoms with E-state index in [1.807, 2.05) is 0 Å². The van der Waals surface area contributed by atoms with Gasteiger partial charge in [0, 0.05) is 6.04 Å². The maximum Gasteiger partial charge on any atom is 0.325 e. The zero-order chi connectivity index (χ0) is 17.5. The molecule has 0 aromatic rings. The van der Waals surface area contributed by atoms with Crippen LogP contribution in [-0.2, 0) is 14.4 Å². The van der Waals surface area contributed by atoms with Crippen LogP contribution in [0.15, 0.2) is 0 Å². The topological polar surface area (TPSA) is 113 Å². The van der Waals surface area contributed by atoms with Crippen LogP contribution >= 0.6 is 0 Å². The van der Waals surface area contributed by atoms with Crippen LogP contribution in [0.5, 0.6) is 0 Å². The fourth-order valence-corrected chi connectivity index (χ4v) is 3.83. The Balaban J connectivity index is 1.70. The Hall–Kier alpha value is -2.12. The Morgan fingerprint density at radius 1 is 1.25 bits per heavy atom. The summed E-state index contributed by atoms with van der Waals surface area (Å²) in [6.45, 7) is 1.21. The molecule has 3 fully saturated rings. The zero-order valence-electron chi connectivity index (χ0n) is 13.9. The number of primary amides is 1. The first-order valence-corrected chi connectivity index (χ1v) is 8.55. The standard InChI is InChI=1S/C16H24N4O4/c1-16(10-6-7-10)14(23)20(15(24)18-16)9-13(22)19(8-12(17)21)11-4-2-3-5-11/h10-11H,2-9H2,1H3,(H2,17,21)(H,18,24)/t16-/m1/s1. The molecule has 3 aliphatic rings. The largest absolute Gasteiger partial charge is 0.368 e. The van der Waals surface area contributed by atoms with Crippen LogP contribution in [0.1, 0.15) is 45.4 Å². The molecule has 0 bridgehead atoms. The number of nitrogens with one attached hydrogen (secondary N) is 1. The van der Waals surface area contributed by atoms with Gasteiger partial charge >= 0.3 is 6.03 Å². The summed E-state index contributed by atoms with van der Waals surface area (Å²) in [5.41, 5.74) is 4.36. The first-order chi connectivity index (χ1) is 11.3. The lowest BCUT2D eigenvalue weighted by Gasteiger charge is -2.29. The molecule has 1 aliphatic heterocycles. The highest BCUT2D eigenvalue weighted by Gasteiger charge is 2.56. The third-order valence-corrected chi connectivity index (χ3v) is 5.40. The quantitative estimate of drug-likeness (QED) is 0.663. The van der Waals surface area contributed by atoms with Crippen molar-refractivity contribution >= 4 is 23.8 Å². The van der Waals surface area contributed by atoms with E-state index in [0.717, 1.165) is 43.4 Å². The maximum absolute atomic E-state index is 12.7. The molecule has 0 aromatic carbocycles. The highest BCUT2D eigenvalue weighted by molar-refractivity contribution is 6.09. The Morgan fingerprint density at radius 2 is 1.88 bits per heavy atom. The van der Waals surface area contributed by atoms with Crippen molar-refractivity contribution in [3.8, 4) is 0 Å². The van der Waals surface area contributed by atoms with Gasteiger partial charge in [0.25, 0.3) is 5.91 Å². The molecular formula is C16H24N4O4. The van der Waals surface area contributed by atoms with Gasteiger partial charge in [-0.3, -0.25) is 19.3 Å². The summed E-state index contributed by atoms with van der Waals surface area (Å²) in [5, 5.41) is 2.72. The molecule has 0 unspecified atom stereocenters. The third kappa shape index (κ3) is 2.97. The molecule has 2 saturated carbocycles. The van der Waals surface area contributed by atoms with Crippen LogP contribution in [0.2, 0.25) is 0 Å². The predicted octanol–water partition coefficient (Wildman–Crippen LogP) is -0.0366. The molecule has 24 heavy (non-hydrogen) atoms. The van der Waals surface area contributed by atoms with Crippen LogP contribution in [0.3, 0.4) is 0 Å². The second-order valence-corrected chi connectivity index (χ2v) is 7.22. The second-order valence-electron chi connectivity index (χ2n) is 7.22. The van der Waals surface area contributed by atoms with Gasteiger partial charge < -0.3 is 16.0 Å². The number of carbonyl (C=O) groups excluding carboxylic acids is 4. The predicted molar refractivity (Wildman–Crippen MR) is 84.5 cm³/mol. The van der Waals surface area contributed by atoms with Gasteiger partial charge in [0.2, 0.25) is 11.8 Å². The molecule has 3 rings (SSSR count). The molecule has 0 spiro atoms. The van der Waals surface area contributed by atoms with E-state index in [4.69, 9.17) is 5.73 Å². The third-order valence-electron chi connectivity index (χ3n) is 5.40. The summed E-state index contributed by atoms with van der Waals surface area (Å²) in [7, 11) is 0. The first kappa shape index (κ1) is 16.7. The fraction of sp³-hybridized carbons (Fsp3) is 0.750. The molecule has 2 aliphatic carbocycles. The van der Waals surface area contributed by atoms with E-state index >= 15 is 0 Å². The summed E-state index contributed by atoms with van der Waals surface area (Å²) in [4.78, 5) is 51.1. The highest BCUT2D eigenvalue weighted by atomic mass is 16.2. The van der Waals surface area contributed by atoms with Gasteiger partial charge in [-0.1, -0.05) is 12.8 Å². The molecule has 3 N–H and O–H groups in total. The summed E-state index contributed by atoms with van der Waals surface area (Å²) in [5.74, 6) is -1.20. The normalized spacial score (nSPS) is 27.5. The van der Waals surface area contributed by atoms with Gasteiger partial charge in [0.15, 0.2) is 0 Å². The van der Waals surface area contributed by atoms with Crippen molar-refractivity contribution in [3.05, 3.63) is 0 Å². The van der Waals surface area contributed by atoms with E-state index in [2.05, 4.69) is 5.32 Å². The van der Waals surface area contributed by atoms with Crippen molar-refractivity contribution in [2.75, 3.05) is 13.1 Å². The van der Waals surface area contributed by atoms with Crippen molar-refractivity contribution in [3.63, 3.8) is 0 Å². The van der Waals surface area contributed by atoms with Crippen molar-refractivity contribution in [2.24, 2.45) is 11.7 Å². The summed E-state index contributed by atoms with van der Waals surface area (Å²) >= 11 is 0. The van der Waals surface area contributed by atoms with Gasteiger partial charge in [0.1, 0.15) is 12.1 Å². The van der Waals surface area contributed by atoms with E-state index in [9.17, 15) is 19.2 Å². The van der Waals surface area contributed by atoms with E-state index in [1.165, 1.54) is 4.90 Å². The lowest BCUT2D eigenvalue weighted by Crippen LogP contribution is -2.50. The van der Waals surface area contributed by atoms with Crippen LogP contribution in [0, 0.1) is 5.92 Å². The number of urea groups is 1. The van der Waals surface area contributed by atoms with Gasteiger partial charge in [-0.2, -0.15) is 0 Å². The summed E-state index contributed by atoms with van der Waals surface area (Å²) in [6, 6.07) is -0.575. The number of carbonyl (C=O) groups is 4. The number of hydrogen-bond acceptors (Lipinski definition) is 4. The van der Waals surface area contributed by atoms with Crippen LogP contribution in [0.25, 0.3) is 0 Å². The number of rotatable bonds is 6. The van der Waals surface area contributed by atoms with E-state index in [0.29, 0.717) is 0 Å². The van der Waals surface area contributed by atoms with Gasteiger partial charge in [0.05, 0.1) is 6.54 Å². The lowest BCUT2D eigenvalue weighted by molar-refractivity contribution is -0.142. The molecule has 1 atom stereocenters. The van der Waals surface area contributed by atoms with Gasteiger partial charge in [-0.15, -0.1) is 0 Å². The van der Waals surface area contributed by atoms with Crippen LogP contribution < -0.4 is 11.1 Å². The SMILES string of the molecule is C[C@]1(C2CC2)NC(=O)N(CC(=O)N(CC(N)=O)C2CCCC2)C1=O. The molecule has 0 aromatic heterocycles. The van der Waals surface area contributed by atoms with Crippen LogP contribution in [-0.4, -0.2) is 58.2 Å². The van der Waals surface area contributed by atoms with Crippen molar-refractivity contribution in [1.82, 2.24) is 15.1 Å². The molecule has 132 valence electrons. The first-order valence-electron chi connectivity index (χ1n) is 8.55. The monoisotopic (exact) mass is 336 g/mol. The number of amides is 5. The number of nitrogens with two attached hydrogens (primary N) is 1. The Morgan fingerprint density at radius 3 is 2.42 bits per heavy atom. The molecule has 8 nitrogen and oxygen atoms in total. The highest BCUT2D eigenvalue weighted by Crippen LogP contribution is 2.42. The molecular weight excluding hydrogens is 312 g/mol. The Labute approximate surface area is 140 Å². The lowest BCUT2D eigenvalue weighted by atomic mass is 9.96. The van der Waals surface area contributed by atoms with E-state index in [-0.39, 0.29) is 31.0 Å². The summed E-state index contributed by atoms with van der Waals surface area (Å²) in [6.07, 6.45) is 5.43. The molecule has 1 saturated heterocycles. The minimum absolute atomic E-state index is 0.0411. The van der Waals surface area contributed by atoms with Gasteiger partial charge in [-0.05, 0) is 38.5 Å². The summed E-state index contributed by atoms with van der Waals surface area (Å²) < 4.78 is 0. The average Bonchev–Trinajstić information content (AvgIpc) is 3.20. The Kier molecular flexibility index (Phi) is 4.23. The second kappa shape index (κ2) is 6.07. The fourth-order valence-electron chi connectivity index (χ4n) is 3.83. The van der Waals surface area contributed by atoms with Crippen molar-refractivity contribution in [2.45, 2.75) is 57.0 Å².